The smallest absolute Gasteiger partial charge is 0.235 e. The number of ketones is 4. The van der Waals surface area contributed by atoms with Gasteiger partial charge in [-0.3, -0.25) is 28.9 Å². The van der Waals surface area contributed by atoms with Crippen LogP contribution < -0.4 is 11.1 Å². The van der Waals surface area contributed by atoms with E-state index in [2.05, 4.69) is 5.32 Å². The van der Waals surface area contributed by atoms with E-state index in [9.17, 15) is 34.2 Å². The zero-order chi connectivity index (χ0) is 33.8. The minimum atomic E-state index is -2.75. The lowest BCUT2D eigenvalue weighted by molar-refractivity contribution is -0.181. The maximum Gasteiger partial charge on any atom is 0.235 e. The topological polar surface area (TPSA) is 167 Å². The van der Waals surface area contributed by atoms with E-state index in [0.717, 1.165) is 24.1 Å². The first kappa shape index (κ1) is 32.7. The first-order valence-electron chi connectivity index (χ1n) is 15.6. The van der Waals surface area contributed by atoms with Gasteiger partial charge < -0.3 is 21.3 Å². The summed E-state index contributed by atoms with van der Waals surface area (Å²) in [5, 5.41) is 26.7. The van der Waals surface area contributed by atoms with Crippen LogP contribution in [-0.2, 0) is 38.6 Å². The third-order valence-corrected chi connectivity index (χ3v) is 10.3. The molecule has 2 saturated carbocycles. The molecule has 11 heteroatoms. The number of likely N-dealkylation sites (N-methyl/N-ethyl adjacent to an activating group) is 1. The van der Waals surface area contributed by atoms with Crippen LogP contribution in [0.3, 0.4) is 0 Å². The molecule has 3 aromatic carbocycles. The van der Waals surface area contributed by atoms with Crippen LogP contribution in [0.15, 0.2) is 60.7 Å². The van der Waals surface area contributed by atoms with Gasteiger partial charge in [0.15, 0.2) is 34.7 Å². The molecule has 2 fully saturated rings. The van der Waals surface area contributed by atoms with Gasteiger partial charge in [0.2, 0.25) is 5.91 Å². The normalized spacial score (nSPS) is 27.0. The van der Waals surface area contributed by atoms with Gasteiger partial charge in [-0.2, -0.15) is 0 Å². The quantitative estimate of drug-likeness (QED) is 0.210. The zero-order valence-corrected chi connectivity index (χ0v) is 26.8. The van der Waals surface area contributed by atoms with Crippen molar-refractivity contribution in [3.8, 4) is 16.9 Å². The summed E-state index contributed by atoms with van der Waals surface area (Å²) in [6.45, 7) is 1.43. The summed E-state index contributed by atoms with van der Waals surface area (Å²) in [6.07, 6.45) is 1.05. The molecule has 5 N–H and O–H groups in total. The highest BCUT2D eigenvalue weighted by Crippen LogP contribution is 2.51. The number of nitrogens with two attached hydrogens (primary N) is 1. The van der Waals surface area contributed by atoms with E-state index in [0.29, 0.717) is 22.7 Å². The van der Waals surface area contributed by atoms with E-state index < -0.39 is 64.4 Å². The van der Waals surface area contributed by atoms with Gasteiger partial charge in [0.25, 0.3) is 0 Å². The fraction of sp³-hybridized carbons (Fsp3) is 0.361. The Hall–Kier alpha value is -4.22. The molecule has 244 valence electrons. The van der Waals surface area contributed by atoms with Gasteiger partial charge in [0, 0.05) is 17.5 Å². The molecular weight excluding hydrogens is 622 g/mol. The summed E-state index contributed by atoms with van der Waals surface area (Å²) in [5.41, 5.74) is 6.95. The van der Waals surface area contributed by atoms with E-state index in [4.69, 9.17) is 17.3 Å². The molecule has 0 bridgehead atoms. The van der Waals surface area contributed by atoms with Crippen molar-refractivity contribution >= 4 is 40.6 Å². The summed E-state index contributed by atoms with van der Waals surface area (Å²) in [4.78, 5) is 68.5. The Bertz CT molecular complexity index is 1790. The maximum atomic E-state index is 14.0. The lowest BCUT2D eigenvalue weighted by Gasteiger charge is -2.52. The van der Waals surface area contributed by atoms with Crippen molar-refractivity contribution in [3.05, 3.63) is 87.9 Å². The van der Waals surface area contributed by atoms with Gasteiger partial charge in [-0.05, 0) is 91.8 Å². The minimum absolute atomic E-state index is 0.000378. The first-order chi connectivity index (χ1) is 22.3. The van der Waals surface area contributed by atoms with Crippen LogP contribution in [0.2, 0.25) is 5.02 Å². The van der Waals surface area contributed by atoms with Crippen LogP contribution in [0.25, 0.3) is 11.1 Å². The number of aliphatic hydroxyl groups is 1. The second-order valence-electron chi connectivity index (χ2n) is 13.0. The Morgan fingerprint density at radius 1 is 0.979 bits per heavy atom. The summed E-state index contributed by atoms with van der Waals surface area (Å²) in [6, 6.07) is 17.6. The number of hydrogen-bond donors (Lipinski definition) is 4. The van der Waals surface area contributed by atoms with Crippen molar-refractivity contribution in [2.24, 2.45) is 29.4 Å². The van der Waals surface area contributed by atoms with E-state index in [1.54, 1.807) is 20.2 Å². The molecule has 2 unspecified atom stereocenters. The number of phenols is 1. The Morgan fingerprint density at radius 2 is 1.64 bits per heavy atom. The first-order valence-corrected chi connectivity index (χ1v) is 16.0. The van der Waals surface area contributed by atoms with E-state index in [1.807, 2.05) is 48.5 Å². The van der Waals surface area contributed by atoms with Crippen LogP contribution in [0.5, 0.6) is 5.75 Å². The summed E-state index contributed by atoms with van der Waals surface area (Å²) in [7, 11) is 3.12. The highest BCUT2D eigenvalue weighted by Gasteiger charge is 2.69. The molecule has 0 aromatic heterocycles. The minimum Gasteiger partial charge on any atom is -0.507 e. The summed E-state index contributed by atoms with van der Waals surface area (Å²) in [5.74, 6) is -10.6. The van der Waals surface area contributed by atoms with Crippen LogP contribution in [-0.4, -0.2) is 76.4 Å². The number of nitrogens with zero attached hydrogens (tertiary/aromatic N) is 1. The van der Waals surface area contributed by atoms with E-state index in [-0.39, 0.29) is 24.2 Å². The molecule has 0 saturated heterocycles. The second-order valence-corrected chi connectivity index (χ2v) is 13.5. The van der Waals surface area contributed by atoms with Gasteiger partial charge in [-0.1, -0.05) is 54.1 Å². The number of rotatable bonds is 8. The molecule has 3 aliphatic carbocycles. The van der Waals surface area contributed by atoms with Gasteiger partial charge in [-0.25, -0.2) is 0 Å². The average molecular weight is 658 g/mol. The largest absolute Gasteiger partial charge is 0.507 e. The van der Waals surface area contributed by atoms with Crippen LogP contribution >= 0.6 is 11.6 Å². The number of Topliss-reactive ketones (excluding diaryl/α,β-unsaturated/α-hetero) is 4. The van der Waals surface area contributed by atoms with Crippen LogP contribution in [0, 0.1) is 23.7 Å². The third kappa shape index (κ3) is 5.49. The number of halogens is 1. The van der Waals surface area contributed by atoms with Crippen molar-refractivity contribution in [2.45, 2.75) is 37.5 Å². The van der Waals surface area contributed by atoms with Crippen molar-refractivity contribution in [3.63, 3.8) is 0 Å². The SMILES string of the molecule is CN(C)[C@H]1C(=O)C(C(N)=O)C(=O)[C@]2(O)C(=O)C3C(=O)c4c(O)ccc(-c5ccc(CNCCc6ccc(Cl)cc6)cc5)c4C[C@@H]3C[C@H]12. The molecule has 47 heavy (non-hydrogen) atoms. The predicted octanol–water partition coefficient (Wildman–Crippen LogP) is 2.52. The fourth-order valence-corrected chi connectivity index (χ4v) is 7.92. The summed E-state index contributed by atoms with van der Waals surface area (Å²) >= 11 is 5.96. The molecule has 10 nitrogen and oxygen atoms in total. The van der Waals surface area contributed by atoms with Crippen LogP contribution in [0.4, 0.5) is 0 Å². The highest BCUT2D eigenvalue weighted by atomic mass is 35.5. The molecule has 0 radical (unpaired) electrons. The van der Waals surface area contributed by atoms with Crippen molar-refractivity contribution in [1.82, 2.24) is 10.2 Å². The third-order valence-electron chi connectivity index (χ3n) is 10.0. The molecule has 3 aromatic rings. The second kappa shape index (κ2) is 12.4. The van der Waals surface area contributed by atoms with Crippen LogP contribution in [0.1, 0.15) is 33.5 Å². The van der Waals surface area contributed by atoms with Crippen molar-refractivity contribution < 1.29 is 34.2 Å². The lowest BCUT2D eigenvalue weighted by Crippen LogP contribution is -2.74. The Balaban J connectivity index is 1.27. The van der Waals surface area contributed by atoms with Gasteiger partial charge in [0.05, 0.1) is 17.5 Å². The van der Waals surface area contributed by atoms with E-state index >= 15 is 0 Å². The number of fused-ring (bicyclic) bond motifs is 3. The van der Waals surface area contributed by atoms with Gasteiger partial charge in [-0.15, -0.1) is 0 Å². The summed E-state index contributed by atoms with van der Waals surface area (Å²) < 4.78 is 0. The number of hydrogen-bond acceptors (Lipinski definition) is 9. The molecule has 6 atom stereocenters. The highest BCUT2D eigenvalue weighted by molar-refractivity contribution is 6.32. The van der Waals surface area contributed by atoms with Crippen molar-refractivity contribution in [1.29, 1.82) is 0 Å². The Kier molecular flexibility index (Phi) is 8.65. The molecule has 6 rings (SSSR count). The molecule has 0 heterocycles. The van der Waals surface area contributed by atoms with Crippen molar-refractivity contribution in [2.75, 3.05) is 20.6 Å². The number of nitrogens with one attached hydrogen (secondary N) is 1. The average Bonchev–Trinajstić information content (AvgIpc) is 3.02. The number of primary amides is 1. The number of benzene rings is 3. The predicted molar refractivity (Wildman–Crippen MR) is 174 cm³/mol. The number of amides is 1. The van der Waals surface area contributed by atoms with E-state index in [1.165, 1.54) is 16.5 Å². The fourth-order valence-electron chi connectivity index (χ4n) is 7.79. The monoisotopic (exact) mass is 657 g/mol. The molecule has 1 amide bonds. The Morgan fingerprint density at radius 3 is 2.28 bits per heavy atom. The molecular formula is C36H36ClN3O7. The number of phenolic OH excluding ortho intramolecular Hbond substituents is 1. The molecule has 0 spiro atoms. The number of aromatic hydroxyl groups is 1. The molecule has 0 aliphatic heterocycles. The van der Waals surface area contributed by atoms with Gasteiger partial charge >= 0.3 is 0 Å². The standard InChI is InChI=1S/C36H36ClN3O7/c1-40(2)30-25-16-21-15-24-23(20-7-3-19(4-8-20)17-39-14-13-18-5-9-22(37)10-6-18)11-12-26(41)28(24)31(42)27(21)33(44)36(25,47)34(45)29(32(30)43)35(38)46/h3-12,21,25,27,29-30,39,41,47H,13-17H2,1-2H3,(H2,38,46)/t21-,25-,27?,29?,30-,36-/m1/s1. The number of carbonyl (C=O) groups excluding carboxylic acids is 5. The maximum absolute atomic E-state index is 14.0. The van der Waals surface area contributed by atoms with Gasteiger partial charge in [0.1, 0.15) is 5.75 Å². The Labute approximate surface area is 276 Å². The molecule has 3 aliphatic rings. The zero-order valence-electron chi connectivity index (χ0n) is 26.0. The lowest BCUT2D eigenvalue weighted by atomic mass is 9.52. The number of carbonyl (C=O) groups is 5.